The van der Waals surface area contributed by atoms with Crippen LogP contribution in [0.3, 0.4) is 0 Å². The molecule has 0 saturated carbocycles. The Morgan fingerprint density at radius 3 is 2.58 bits per heavy atom. The van der Waals surface area contributed by atoms with Crippen LogP contribution in [0.25, 0.3) is 0 Å². The van der Waals surface area contributed by atoms with Crippen LogP contribution in [-0.4, -0.2) is 61.1 Å². The van der Waals surface area contributed by atoms with E-state index in [1.165, 1.54) is 13.2 Å². The van der Waals surface area contributed by atoms with Crippen LogP contribution in [-0.2, 0) is 14.2 Å². The highest BCUT2D eigenvalue weighted by Crippen LogP contribution is 2.35. The summed E-state index contributed by atoms with van der Waals surface area (Å²) >= 11 is 0. The monoisotopic (exact) mass is 363 g/mol. The quantitative estimate of drug-likeness (QED) is 0.803. The van der Waals surface area contributed by atoms with Crippen LogP contribution in [0.2, 0.25) is 0 Å². The zero-order valence-electron chi connectivity index (χ0n) is 15.1. The summed E-state index contributed by atoms with van der Waals surface area (Å²) < 4.78 is 15.5. The number of methoxy groups -OCH3 is 1. The highest BCUT2D eigenvalue weighted by atomic mass is 16.7. The van der Waals surface area contributed by atoms with Gasteiger partial charge in [0.05, 0.1) is 19.3 Å². The predicted molar refractivity (Wildman–Crippen MR) is 92.8 cm³/mol. The van der Waals surface area contributed by atoms with Gasteiger partial charge in [0.15, 0.2) is 6.10 Å². The Kier molecular flexibility index (Phi) is 5.78. The largest absolute Gasteiger partial charge is 0.509 e. The van der Waals surface area contributed by atoms with E-state index in [4.69, 9.17) is 9.47 Å². The summed E-state index contributed by atoms with van der Waals surface area (Å²) in [5, 5.41) is 9.59. The van der Waals surface area contributed by atoms with Crippen LogP contribution in [0.1, 0.15) is 47.7 Å². The molecular formula is C19H25NO6. The standard InChI is InChI=1S/C19H25NO6/c1-20-14-6-7-15(20)10-16(9-14)25-19(23)26-17(11-21)12-4-3-5-13(8-12)18(22)24-2/h3-5,8,14-17,21H,6-7,9-11H2,1-2H3. The molecule has 0 spiro atoms. The van der Waals surface area contributed by atoms with Crippen molar-refractivity contribution in [1.29, 1.82) is 0 Å². The maximum atomic E-state index is 12.2. The molecule has 2 saturated heterocycles. The second-order valence-electron chi connectivity index (χ2n) is 6.92. The smallest absolute Gasteiger partial charge is 0.465 e. The Balaban J connectivity index is 1.60. The molecule has 0 amide bonds. The fraction of sp³-hybridized carbons (Fsp3) is 0.579. The summed E-state index contributed by atoms with van der Waals surface area (Å²) in [5.74, 6) is -0.493. The van der Waals surface area contributed by atoms with Gasteiger partial charge in [0.2, 0.25) is 0 Å². The van der Waals surface area contributed by atoms with Gasteiger partial charge in [-0.2, -0.15) is 0 Å². The van der Waals surface area contributed by atoms with Crippen LogP contribution >= 0.6 is 0 Å². The van der Waals surface area contributed by atoms with Gasteiger partial charge < -0.3 is 24.2 Å². The zero-order valence-corrected chi connectivity index (χ0v) is 15.1. The van der Waals surface area contributed by atoms with Gasteiger partial charge in [0, 0.05) is 24.9 Å². The average molecular weight is 363 g/mol. The number of benzene rings is 1. The molecule has 0 radical (unpaired) electrons. The highest BCUT2D eigenvalue weighted by Gasteiger charge is 2.40. The molecule has 7 nitrogen and oxygen atoms in total. The molecule has 7 heteroatoms. The lowest BCUT2D eigenvalue weighted by molar-refractivity contribution is -0.0392. The molecule has 3 rings (SSSR count). The van der Waals surface area contributed by atoms with Crippen molar-refractivity contribution in [2.45, 2.75) is 50.0 Å². The zero-order chi connectivity index (χ0) is 18.7. The average Bonchev–Trinajstić information content (AvgIpc) is 2.85. The van der Waals surface area contributed by atoms with Crippen molar-refractivity contribution in [2.75, 3.05) is 20.8 Å². The van der Waals surface area contributed by atoms with Crippen LogP contribution < -0.4 is 0 Å². The van der Waals surface area contributed by atoms with E-state index in [9.17, 15) is 14.7 Å². The lowest BCUT2D eigenvalue weighted by atomic mass is 10.0. The van der Waals surface area contributed by atoms with E-state index in [-0.39, 0.29) is 6.10 Å². The van der Waals surface area contributed by atoms with E-state index < -0.39 is 24.8 Å². The first-order valence-corrected chi connectivity index (χ1v) is 8.90. The summed E-state index contributed by atoms with van der Waals surface area (Å²) in [6.07, 6.45) is 2.05. The van der Waals surface area contributed by atoms with Gasteiger partial charge in [-0.25, -0.2) is 9.59 Å². The summed E-state index contributed by atoms with van der Waals surface area (Å²) in [4.78, 5) is 26.2. The first-order valence-electron chi connectivity index (χ1n) is 8.90. The number of hydrogen-bond donors (Lipinski definition) is 1. The number of carbonyl (C=O) groups is 2. The van der Waals surface area contributed by atoms with E-state index in [1.807, 2.05) is 0 Å². The molecule has 1 N–H and O–H groups in total. The van der Waals surface area contributed by atoms with E-state index in [1.54, 1.807) is 18.2 Å². The topological polar surface area (TPSA) is 85.3 Å². The number of fused-ring (bicyclic) bond motifs is 2. The van der Waals surface area contributed by atoms with Gasteiger partial charge >= 0.3 is 12.1 Å². The van der Waals surface area contributed by atoms with Crippen molar-refractivity contribution in [1.82, 2.24) is 4.90 Å². The SMILES string of the molecule is COC(=O)c1cccc(C(CO)OC(=O)OC2CC3CCC(C2)N3C)c1. The van der Waals surface area contributed by atoms with E-state index >= 15 is 0 Å². The number of piperidine rings is 1. The molecule has 2 aliphatic heterocycles. The molecule has 26 heavy (non-hydrogen) atoms. The van der Waals surface area contributed by atoms with Crippen molar-refractivity contribution in [3.05, 3.63) is 35.4 Å². The van der Waals surface area contributed by atoms with Crippen LogP contribution in [0, 0.1) is 0 Å². The maximum absolute atomic E-state index is 12.2. The first kappa shape index (κ1) is 18.7. The molecule has 2 heterocycles. The third-order valence-corrected chi connectivity index (χ3v) is 5.40. The molecule has 0 aromatic heterocycles. The molecule has 0 aliphatic carbocycles. The lowest BCUT2D eigenvalue weighted by Crippen LogP contribution is -2.43. The number of carbonyl (C=O) groups excluding carboxylic acids is 2. The third kappa shape index (κ3) is 3.99. The van der Waals surface area contributed by atoms with Crippen LogP contribution in [0.5, 0.6) is 0 Å². The number of aliphatic hydroxyl groups excluding tert-OH is 1. The maximum Gasteiger partial charge on any atom is 0.509 e. The van der Waals surface area contributed by atoms with E-state index in [0.717, 1.165) is 25.7 Å². The van der Waals surface area contributed by atoms with Gasteiger partial charge in [-0.3, -0.25) is 0 Å². The minimum Gasteiger partial charge on any atom is -0.465 e. The Morgan fingerprint density at radius 1 is 1.27 bits per heavy atom. The molecular weight excluding hydrogens is 338 g/mol. The van der Waals surface area contributed by atoms with Crippen molar-refractivity contribution in [3.63, 3.8) is 0 Å². The summed E-state index contributed by atoms with van der Waals surface area (Å²) in [5.41, 5.74) is 0.836. The number of rotatable bonds is 5. The minimum absolute atomic E-state index is 0.156. The molecule has 1 aromatic rings. The Bertz CT molecular complexity index is 649. The van der Waals surface area contributed by atoms with Crippen LogP contribution in [0.15, 0.2) is 24.3 Å². The van der Waals surface area contributed by atoms with E-state index in [0.29, 0.717) is 23.2 Å². The molecule has 3 unspecified atom stereocenters. The van der Waals surface area contributed by atoms with Gasteiger partial charge in [-0.1, -0.05) is 12.1 Å². The number of nitrogens with zero attached hydrogens (tertiary/aromatic N) is 1. The molecule has 2 fully saturated rings. The van der Waals surface area contributed by atoms with Gasteiger partial charge in [0.25, 0.3) is 0 Å². The van der Waals surface area contributed by atoms with Gasteiger partial charge in [-0.15, -0.1) is 0 Å². The highest BCUT2D eigenvalue weighted by molar-refractivity contribution is 5.89. The summed E-state index contributed by atoms with van der Waals surface area (Å²) in [6.45, 7) is -0.404. The molecule has 3 atom stereocenters. The summed E-state index contributed by atoms with van der Waals surface area (Å²) in [6, 6.07) is 7.37. The van der Waals surface area contributed by atoms with Crippen molar-refractivity contribution < 1.29 is 28.9 Å². The Hall–Kier alpha value is -2.12. The summed E-state index contributed by atoms with van der Waals surface area (Å²) in [7, 11) is 3.41. The van der Waals surface area contributed by atoms with Crippen molar-refractivity contribution in [2.24, 2.45) is 0 Å². The fourth-order valence-corrected chi connectivity index (χ4v) is 3.93. The van der Waals surface area contributed by atoms with E-state index in [2.05, 4.69) is 16.7 Å². The normalized spacial score (nSPS) is 26.2. The second kappa shape index (κ2) is 8.05. The van der Waals surface area contributed by atoms with Crippen LogP contribution in [0.4, 0.5) is 4.79 Å². The number of ether oxygens (including phenoxy) is 3. The number of esters is 1. The third-order valence-electron chi connectivity index (χ3n) is 5.40. The minimum atomic E-state index is -0.893. The molecule has 2 bridgehead atoms. The Labute approximate surface area is 152 Å². The first-order chi connectivity index (χ1) is 12.5. The predicted octanol–water partition coefficient (Wildman–Crippen LogP) is 2.29. The molecule has 1 aromatic carbocycles. The lowest BCUT2D eigenvalue weighted by Gasteiger charge is -2.35. The molecule has 142 valence electrons. The van der Waals surface area contributed by atoms with Crippen molar-refractivity contribution in [3.8, 4) is 0 Å². The van der Waals surface area contributed by atoms with Crippen molar-refractivity contribution >= 4 is 12.1 Å². The Morgan fingerprint density at radius 2 is 1.96 bits per heavy atom. The van der Waals surface area contributed by atoms with Gasteiger partial charge in [0.1, 0.15) is 6.10 Å². The second-order valence-corrected chi connectivity index (χ2v) is 6.92. The number of hydrogen-bond acceptors (Lipinski definition) is 7. The fourth-order valence-electron chi connectivity index (χ4n) is 3.93. The van der Waals surface area contributed by atoms with Gasteiger partial charge in [-0.05, 0) is 37.6 Å². The molecule has 2 aliphatic rings. The number of aliphatic hydroxyl groups is 1.